The second-order valence-electron chi connectivity index (χ2n) is 4.88. The van der Waals surface area contributed by atoms with Crippen LogP contribution in [0, 0.1) is 0 Å². The number of sulfonamides is 1. The lowest BCUT2D eigenvalue weighted by atomic mass is 10.3. The minimum absolute atomic E-state index is 0.0244. The van der Waals surface area contributed by atoms with Crippen LogP contribution in [0.5, 0.6) is 0 Å². The average Bonchev–Trinajstić information content (AvgIpc) is 2.47. The van der Waals surface area contributed by atoms with E-state index in [1.165, 1.54) is 18.3 Å². The number of nitrogens with one attached hydrogen (secondary N) is 1. The standard InChI is InChI=1S/C12H19N5O3S/c1-16(9-12(18)17-6-4-14-5-7-17)11-3-2-10(8-15-11)21(13,19)20/h2-3,8,14H,4-7,9H2,1H3,(H2,13,19,20). The Bertz CT molecular complexity index is 596. The second kappa shape index (κ2) is 6.37. The molecule has 1 aliphatic rings. The first kappa shape index (κ1) is 15.7. The van der Waals surface area contributed by atoms with Gasteiger partial charge in [-0.1, -0.05) is 0 Å². The van der Waals surface area contributed by atoms with Crippen LogP contribution in [0.3, 0.4) is 0 Å². The number of anilines is 1. The summed E-state index contributed by atoms with van der Waals surface area (Å²) in [5.74, 6) is 0.544. The zero-order valence-electron chi connectivity index (χ0n) is 11.8. The van der Waals surface area contributed by atoms with Gasteiger partial charge in [-0.05, 0) is 12.1 Å². The van der Waals surface area contributed by atoms with Crippen LogP contribution in [0.1, 0.15) is 0 Å². The summed E-state index contributed by atoms with van der Waals surface area (Å²) >= 11 is 0. The number of amides is 1. The highest BCUT2D eigenvalue weighted by Gasteiger charge is 2.18. The predicted molar refractivity (Wildman–Crippen MR) is 78.3 cm³/mol. The fraction of sp³-hybridized carbons (Fsp3) is 0.500. The number of primary sulfonamides is 1. The zero-order valence-corrected chi connectivity index (χ0v) is 12.6. The van der Waals surface area contributed by atoms with Crippen LogP contribution >= 0.6 is 0 Å². The van der Waals surface area contributed by atoms with Crippen LogP contribution in [0.2, 0.25) is 0 Å². The van der Waals surface area contributed by atoms with Crippen molar-refractivity contribution in [1.29, 1.82) is 0 Å². The maximum absolute atomic E-state index is 12.1. The summed E-state index contributed by atoms with van der Waals surface area (Å²) in [5.41, 5.74) is 0. The predicted octanol–water partition coefficient (Wildman–Crippen LogP) is -1.40. The van der Waals surface area contributed by atoms with E-state index in [4.69, 9.17) is 5.14 Å². The van der Waals surface area contributed by atoms with Gasteiger partial charge in [0.25, 0.3) is 0 Å². The molecule has 0 bridgehead atoms. The van der Waals surface area contributed by atoms with Gasteiger partial charge < -0.3 is 15.1 Å². The molecule has 0 atom stereocenters. The molecule has 0 saturated carbocycles. The highest BCUT2D eigenvalue weighted by Crippen LogP contribution is 2.12. The number of nitrogens with two attached hydrogens (primary N) is 1. The molecular weight excluding hydrogens is 294 g/mol. The van der Waals surface area contributed by atoms with Crippen LogP contribution < -0.4 is 15.4 Å². The van der Waals surface area contributed by atoms with Gasteiger partial charge in [0, 0.05) is 39.4 Å². The zero-order chi connectivity index (χ0) is 15.5. The summed E-state index contributed by atoms with van der Waals surface area (Å²) in [5, 5.41) is 8.20. The van der Waals surface area contributed by atoms with E-state index in [0.717, 1.165) is 13.1 Å². The molecule has 2 rings (SSSR count). The van der Waals surface area contributed by atoms with Crippen molar-refractivity contribution < 1.29 is 13.2 Å². The van der Waals surface area contributed by atoms with Gasteiger partial charge in [0.2, 0.25) is 15.9 Å². The van der Waals surface area contributed by atoms with Crippen molar-refractivity contribution in [3.05, 3.63) is 18.3 Å². The maximum Gasteiger partial charge on any atom is 0.242 e. The average molecular weight is 313 g/mol. The van der Waals surface area contributed by atoms with Crippen molar-refractivity contribution in [2.75, 3.05) is 44.7 Å². The number of carbonyl (C=O) groups is 1. The number of hydrogen-bond donors (Lipinski definition) is 2. The normalized spacial score (nSPS) is 15.8. The van der Waals surface area contributed by atoms with E-state index < -0.39 is 10.0 Å². The number of aromatic nitrogens is 1. The topological polar surface area (TPSA) is 109 Å². The Morgan fingerprint density at radius 3 is 2.62 bits per heavy atom. The fourth-order valence-corrected chi connectivity index (χ4v) is 2.52. The molecule has 21 heavy (non-hydrogen) atoms. The minimum atomic E-state index is -3.75. The number of likely N-dealkylation sites (N-methyl/N-ethyl adjacent to an activating group) is 1. The van der Waals surface area contributed by atoms with E-state index in [9.17, 15) is 13.2 Å². The molecule has 0 aromatic carbocycles. The first-order chi connectivity index (χ1) is 9.88. The molecule has 2 heterocycles. The van der Waals surface area contributed by atoms with E-state index in [-0.39, 0.29) is 17.3 Å². The Balaban J connectivity index is 1.99. The molecule has 116 valence electrons. The monoisotopic (exact) mass is 313 g/mol. The van der Waals surface area contributed by atoms with Crippen LogP contribution in [0.4, 0.5) is 5.82 Å². The van der Waals surface area contributed by atoms with Gasteiger partial charge in [-0.25, -0.2) is 18.5 Å². The van der Waals surface area contributed by atoms with Crippen molar-refractivity contribution in [1.82, 2.24) is 15.2 Å². The SMILES string of the molecule is CN(CC(=O)N1CCNCC1)c1ccc(S(N)(=O)=O)cn1. The number of carbonyl (C=O) groups excluding carboxylic acids is 1. The van der Waals surface area contributed by atoms with Crippen molar-refractivity contribution in [3.8, 4) is 0 Å². The molecule has 3 N–H and O–H groups in total. The van der Waals surface area contributed by atoms with Crippen molar-refractivity contribution in [3.63, 3.8) is 0 Å². The van der Waals surface area contributed by atoms with Crippen LogP contribution in [-0.4, -0.2) is 64.0 Å². The second-order valence-corrected chi connectivity index (χ2v) is 6.45. The van der Waals surface area contributed by atoms with E-state index in [1.807, 2.05) is 0 Å². The van der Waals surface area contributed by atoms with Crippen molar-refractivity contribution in [2.45, 2.75) is 4.90 Å². The molecule has 0 spiro atoms. The number of hydrogen-bond acceptors (Lipinski definition) is 6. The van der Waals surface area contributed by atoms with Gasteiger partial charge >= 0.3 is 0 Å². The Hall–Kier alpha value is -1.71. The lowest BCUT2D eigenvalue weighted by Crippen LogP contribution is -2.49. The quantitative estimate of drug-likeness (QED) is 0.707. The minimum Gasteiger partial charge on any atom is -0.350 e. The number of pyridine rings is 1. The fourth-order valence-electron chi connectivity index (χ4n) is 2.06. The lowest BCUT2D eigenvalue weighted by molar-refractivity contribution is -0.130. The summed E-state index contributed by atoms with van der Waals surface area (Å²) in [6.07, 6.45) is 1.19. The molecule has 1 amide bonds. The van der Waals surface area contributed by atoms with Crippen LogP contribution in [-0.2, 0) is 14.8 Å². The van der Waals surface area contributed by atoms with Gasteiger partial charge in [0.1, 0.15) is 10.7 Å². The summed E-state index contributed by atoms with van der Waals surface area (Å²) < 4.78 is 22.3. The molecule has 0 aliphatic carbocycles. The first-order valence-corrected chi connectivity index (χ1v) is 8.11. The number of piperazine rings is 1. The van der Waals surface area contributed by atoms with Crippen LogP contribution in [0.25, 0.3) is 0 Å². The molecule has 1 aliphatic heterocycles. The van der Waals surface area contributed by atoms with E-state index in [2.05, 4.69) is 10.3 Å². The summed E-state index contributed by atoms with van der Waals surface area (Å²) in [4.78, 5) is 19.6. The van der Waals surface area contributed by atoms with Gasteiger partial charge in [-0.15, -0.1) is 0 Å². The largest absolute Gasteiger partial charge is 0.350 e. The third-order valence-corrected chi connectivity index (χ3v) is 4.18. The molecule has 0 radical (unpaired) electrons. The Kier molecular flexibility index (Phi) is 4.76. The molecule has 1 aromatic heterocycles. The van der Waals surface area contributed by atoms with Gasteiger partial charge in [0.15, 0.2) is 0 Å². The molecule has 1 aromatic rings. The van der Waals surface area contributed by atoms with E-state index >= 15 is 0 Å². The summed E-state index contributed by atoms with van der Waals surface area (Å²) in [7, 11) is -2.01. The highest BCUT2D eigenvalue weighted by molar-refractivity contribution is 7.89. The Morgan fingerprint density at radius 2 is 2.10 bits per heavy atom. The van der Waals surface area contributed by atoms with E-state index in [1.54, 1.807) is 16.8 Å². The Labute approximate surface area is 124 Å². The maximum atomic E-state index is 12.1. The number of nitrogens with zero attached hydrogens (tertiary/aromatic N) is 3. The highest BCUT2D eigenvalue weighted by atomic mass is 32.2. The van der Waals surface area contributed by atoms with Crippen molar-refractivity contribution >= 4 is 21.7 Å². The third kappa shape index (κ3) is 4.13. The summed E-state index contributed by atoms with van der Waals surface area (Å²) in [6.45, 7) is 3.20. The van der Waals surface area contributed by atoms with E-state index in [0.29, 0.717) is 18.9 Å². The molecule has 0 unspecified atom stereocenters. The number of rotatable bonds is 4. The van der Waals surface area contributed by atoms with Gasteiger partial charge in [-0.2, -0.15) is 0 Å². The summed E-state index contributed by atoms with van der Waals surface area (Å²) in [6, 6.07) is 2.91. The first-order valence-electron chi connectivity index (χ1n) is 6.56. The molecule has 9 heteroatoms. The van der Waals surface area contributed by atoms with Gasteiger partial charge in [-0.3, -0.25) is 4.79 Å². The van der Waals surface area contributed by atoms with Crippen molar-refractivity contribution in [2.24, 2.45) is 5.14 Å². The molecule has 8 nitrogen and oxygen atoms in total. The van der Waals surface area contributed by atoms with Crippen LogP contribution in [0.15, 0.2) is 23.2 Å². The smallest absolute Gasteiger partial charge is 0.242 e. The molecule has 1 fully saturated rings. The third-order valence-electron chi connectivity index (χ3n) is 3.28. The van der Waals surface area contributed by atoms with Gasteiger partial charge in [0.05, 0.1) is 6.54 Å². The molecule has 1 saturated heterocycles. The Morgan fingerprint density at radius 1 is 1.43 bits per heavy atom. The lowest BCUT2D eigenvalue weighted by Gasteiger charge is -2.29. The molecular formula is C12H19N5O3S.